The summed E-state index contributed by atoms with van der Waals surface area (Å²) in [4.78, 5) is 36.9. The van der Waals surface area contributed by atoms with Gasteiger partial charge in [0.1, 0.15) is 5.82 Å². The molecule has 0 aliphatic heterocycles. The SMILES string of the molecule is CCn1c(CCC(N)=O)nnc1SCC(=O)N(C)CC(=O)Nc1ccc(C)cc1. The monoisotopic (exact) mass is 418 g/mol. The molecule has 1 heterocycles. The molecule has 0 unspecified atom stereocenters. The van der Waals surface area contributed by atoms with E-state index in [1.54, 1.807) is 7.05 Å². The number of nitrogens with one attached hydrogen (secondary N) is 1. The highest BCUT2D eigenvalue weighted by molar-refractivity contribution is 7.99. The molecule has 0 aliphatic carbocycles. The summed E-state index contributed by atoms with van der Waals surface area (Å²) in [6, 6.07) is 7.45. The molecule has 1 aromatic heterocycles. The van der Waals surface area contributed by atoms with Crippen molar-refractivity contribution in [1.82, 2.24) is 19.7 Å². The Labute approximate surface area is 174 Å². The van der Waals surface area contributed by atoms with E-state index in [-0.39, 0.29) is 30.5 Å². The molecular formula is C19H26N6O3S. The first kappa shape index (κ1) is 22.4. The molecule has 0 radical (unpaired) electrons. The number of hydrogen-bond acceptors (Lipinski definition) is 6. The van der Waals surface area contributed by atoms with Crippen LogP contribution >= 0.6 is 11.8 Å². The van der Waals surface area contributed by atoms with Crippen LogP contribution in [0.1, 0.15) is 24.7 Å². The largest absolute Gasteiger partial charge is 0.370 e. The van der Waals surface area contributed by atoms with Crippen molar-refractivity contribution < 1.29 is 14.4 Å². The lowest BCUT2D eigenvalue weighted by Gasteiger charge is -2.16. The molecule has 2 rings (SSSR count). The number of benzene rings is 1. The van der Waals surface area contributed by atoms with Crippen LogP contribution in [-0.2, 0) is 27.3 Å². The lowest BCUT2D eigenvalue weighted by molar-refractivity contribution is -0.131. The van der Waals surface area contributed by atoms with E-state index in [1.165, 1.54) is 16.7 Å². The van der Waals surface area contributed by atoms with Crippen LogP contribution in [0.25, 0.3) is 0 Å². The lowest BCUT2D eigenvalue weighted by Crippen LogP contribution is -2.36. The topological polar surface area (TPSA) is 123 Å². The molecule has 156 valence electrons. The Morgan fingerprint density at radius 1 is 1.21 bits per heavy atom. The van der Waals surface area contributed by atoms with Crippen molar-refractivity contribution in [3.8, 4) is 0 Å². The number of aromatic nitrogens is 3. The second-order valence-corrected chi connectivity index (χ2v) is 7.50. The van der Waals surface area contributed by atoms with Gasteiger partial charge >= 0.3 is 0 Å². The van der Waals surface area contributed by atoms with Gasteiger partial charge in [-0.1, -0.05) is 29.5 Å². The number of primary amides is 1. The quantitative estimate of drug-likeness (QED) is 0.559. The van der Waals surface area contributed by atoms with Gasteiger partial charge in [0.15, 0.2) is 5.16 Å². The van der Waals surface area contributed by atoms with Crippen molar-refractivity contribution in [3.63, 3.8) is 0 Å². The van der Waals surface area contributed by atoms with Gasteiger partial charge in [0.25, 0.3) is 0 Å². The lowest BCUT2D eigenvalue weighted by atomic mass is 10.2. The summed E-state index contributed by atoms with van der Waals surface area (Å²) in [5.41, 5.74) is 6.97. The van der Waals surface area contributed by atoms with Gasteiger partial charge in [0.05, 0.1) is 12.3 Å². The smallest absolute Gasteiger partial charge is 0.243 e. The molecule has 0 spiro atoms. The Morgan fingerprint density at radius 3 is 2.52 bits per heavy atom. The molecule has 1 aromatic carbocycles. The number of amides is 3. The van der Waals surface area contributed by atoms with E-state index in [1.807, 2.05) is 42.7 Å². The second kappa shape index (κ2) is 10.6. The zero-order valence-electron chi connectivity index (χ0n) is 16.8. The molecule has 3 N–H and O–H groups in total. The Morgan fingerprint density at radius 2 is 1.90 bits per heavy atom. The molecule has 0 saturated heterocycles. The van der Waals surface area contributed by atoms with Crippen LogP contribution in [0.3, 0.4) is 0 Å². The third-order valence-corrected chi connectivity index (χ3v) is 5.12. The molecule has 0 bridgehead atoms. The van der Waals surface area contributed by atoms with Gasteiger partial charge in [-0.2, -0.15) is 0 Å². The maximum Gasteiger partial charge on any atom is 0.243 e. The summed E-state index contributed by atoms with van der Waals surface area (Å²) < 4.78 is 1.85. The zero-order chi connectivity index (χ0) is 21.4. The predicted molar refractivity (Wildman–Crippen MR) is 111 cm³/mol. The third kappa shape index (κ3) is 6.90. The minimum atomic E-state index is -0.398. The van der Waals surface area contributed by atoms with Crippen LogP contribution in [0.15, 0.2) is 29.4 Å². The summed E-state index contributed by atoms with van der Waals surface area (Å²) in [6.45, 7) is 4.48. The Balaban J connectivity index is 1.85. The summed E-state index contributed by atoms with van der Waals surface area (Å²) in [6.07, 6.45) is 0.602. The summed E-state index contributed by atoms with van der Waals surface area (Å²) in [5, 5.41) is 11.5. The highest BCUT2D eigenvalue weighted by Gasteiger charge is 2.17. The van der Waals surface area contributed by atoms with Gasteiger partial charge in [-0.3, -0.25) is 14.4 Å². The number of rotatable bonds is 10. The first-order valence-corrected chi connectivity index (χ1v) is 10.2. The summed E-state index contributed by atoms with van der Waals surface area (Å²) in [5.74, 6) is -0.0707. The second-order valence-electron chi connectivity index (χ2n) is 6.56. The maximum atomic E-state index is 12.4. The number of aryl methyl sites for hydroxylation is 2. The van der Waals surface area contributed by atoms with Gasteiger partial charge in [-0.25, -0.2) is 0 Å². The van der Waals surface area contributed by atoms with E-state index >= 15 is 0 Å². The third-order valence-electron chi connectivity index (χ3n) is 4.17. The minimum absolute atomic E-state index is 0.0440. The molecule has 9 nitrogen and oxygen atoms in total. The molecule has 10 heteroatoms. The molecule has 0 fully saturated rings. The van der Waals surface area contributed by atoms with Gasteiger partial charge < -0.3 is 20.5 Å². The molecular weight excluding hydrogens is 392 g/mol. The van der Waals surface area contributed by atoms with Crippen molar-refractivity contribution >= 4 is 35.2 Å². The van der Waals surface area contributed by atoms with Gasteiger partial charge in [0.2, 0.25) is 17.7 Å². The van der Waals surface area contributed by atoms with Crippen LogP contribution in [0.4, 0.5) is 5.69 Å². The van der Waals surface area contributed by atoms with Crippen LogP contribution in [0.2, 0.25) is 0 Å². The Kier molecular flexibility index (Phi) is 8.20. The number of nitrogens with zero attached hydrogens (tertiary/aromatic N) is 4. The van der Waals surface area contributed by atoms with Crippen molar-refractivity contribution in [1.29, 1.82) is 0 Å². The first-order valence-electron chi connectivity index (χ1n) is 9.23. The fourth-order valence-corrected chi connectivity index (χ4v) is 3.50. The van der Waals surface area contributed by atoms with Crippen molar-refractivity contribution in [2.75, 3.05) is 24.7 Å². The van der Waals surface area contributed by atoms with Crippen LogP contribution in [0.5, 0.6) is 0 Å². The van der Waals surface area contributed by atoms with Gasteiger partial charge in [0, 0.05) is 32.1 Å². The first-order chi connectivity index (χ1) is 13.8. The number of nitrogens with two attached hydrogens (primary N) is 1. The van der Waals surface area contributed by atoms with Gasteiger partial charge in [-0.15, -0.1) is 10.2 Å². The molecule has 29 heavy (non-hydrogen) atoms. The number of hydrogen-bond donors (Lipinski definition) is 2. The summed E-state index contributed by atoms with van der Waals surface area (Å²) in [7, 11) is 1.58. The van der Waals surface area contributed by atoms with E-state index in [0.717, 1.165) is 5.56 Å². The zero-order valence-corrected chi connectivity index (χ0v) is 17.7. The van der Waals surface area contributed by atoms with Crippen molar-refractivity contribution in [3.05, 3.63) is 35.7 Å². The molecule has 0 atom stereocenters. The molecule has 0 saturated carbocycles. The number of carbonyl (C=O) groups is 3. The number of carbonyl (C=O) groups excluding carboxylic acids is 3. The van der Waals surface area contributed by atoms with Crippen molar-refractivity contribution in [2.45, 2.75) is 38.4 Å². The summed E-state index contributed by atoms with van der Waals surface area (Å²) >= 11 is 1.25. The molecule has 3 amide bonds. The highest BCUT2D eigenvalue weighted by atomic mass is 32.2. The maximum absolute atomic E-state index is 12.4. The Bertz CT molecular complexity index is 865. The van der Waals surface area contributed by atoms with E-state index in [2.05, 4.69) is 15.5 Å². The van der Waals surface area contributed by atoms with Crippen molar-refractivity contribution in [2.24, 2.45) is 5.73 Å². The number of anilines is 1. The average Bonchev–Trinajstić information content (AvgIpc) is 3.07. The molecule has 2 aromatic rings. The number of thioether (sulfide) groups is 1. The fraction of sp³-hybridized carbons (Fsp3) is 0.421. The van der Waals surface area contributed by atoms with E-state index < -0.39 is 5.91 Å². The van der Waals surface area contributed by atoms with E-state index in [0.29, 0.717) is 29.6 Å². The van der Waals surface area contributed by atoms with Crippen LogP contribution in [-0.4, -0.2) is 56.7 Å². The van der Waals surface area contributed by atoms with Gasteiger partial charge in [-0.05, 0) is 26.0 Å². The predicted octanol–water partition coefficient (Wildman–Crippen LogP) is 1.21. The average molecular weight is 419 g/mol. The van der Waals surface area contributed by atoms with E-state index in [9.17, 15) is 14.4 Å². The standard InChI is InChI=1S/C19H26N6O3S/c1-4-25-16(10-9-15(20)26)22-23-19(25)29-12-18(28)24(3)11-17(27)21-14-7-5-13(2)6-8-14/h5-8H,4,9-12H2,1-3H3,(H2,20,26)(H,21,27). The van der Waals surface area contributed by atoms with Crippen LogP contribution in [0, 0.1) is 6.92 Å². The Hall–Kier alpha value is -2.88. The highest BCUT2D eigenvalue weighted by Crippen LogP contribution is 2.18. The van der Waals surface area contributed by atoms with Crippen LogP contribution < -0.4 is 11.1 Å². The minimum Gasteiger partial charge on any atom is -0.370 e. The normalized spacial score (nSPS) is 10.6. The number of likely N-dealkylation sites (N-methyl/N-ethyl adjacent to an activating group) is 1. The van der Waals surface area contributed by atoms with E-state index in [4.69, 9.17) is 5.73 Å². The fourth-order valence-electron chi connectivity index (χ4n) is 2.54. The molecule has 0 aliphatic rings.